The normalized spacial score (nSPS) is 15.0. The number of hydrogen-bond acceptors (Lipinski definition) is 5. The number of nitrogens with two attached hydrogens (primary N) is 1. The number of hydrazone groups is 1. The Morgan fingerprint density at radius 1 is 1.26 bits per heavy atom. The molecule has 7 nitrogen and oxygen atoms in total. The third-order valence-electron chi connectivity index (χ3n) is 3.45. The molecule has 0 aromatic heterocycles. The fraction of sp³-hybridized carbons (Fsp3) is 0.375. The molecule has 2 amide bonds. The fourth-order valence-electron chi connectivity index (χ4n) is 2.12. The predicted octanol–water partition coefficient (Wildman–Crippen LogP) is 0.820. The fourth-order valence-corrected chi connectivity index (χ4v) is 2.12. The second-order valence-corrected chi connectivity index (χ2v) is 5.21. The summed E-state index contributed by atoms with van der Waals surface area (Å²) in [5.41, 5.74) is 6.84. The number of carbonyl (C=O) groups is 3. The Labute approximate surface area is 134 Å². The van der Waals surface area contributed by atoms with Gasteiger partial charge in [0.25, 0.3) is 5.91 Å². The van der Waals surface area contributed by atoms with Crippen molar-refractivity contribution in [3.63, 3.8) is 0 Å². The third kappa shape index (κ3) is 4.64. The van der Waals surface area contributed by atoms with Crippen molar-refractivity contribution in [3.05, 3.63) is 35.9 Å². The van der Waals surface area contributed by atoms with Crippen LogP contribution in [0.5, 0.6) is 0 Å². The van der Waals surface area contributed by atoms with Crippen molar-refractivity contribution in [2.24, 2.45) is 10.8 Å². The van der Waals surface area contributed by atoms with Gasteiger partial charge in [0.1, 0.15) is 0 Å². The molecule has 122 valence electrons. The number of rotatable bonds is 6. The minimum Gasteiger partial charge on any atom is -0.453 e. The lowest BCUT2D eigenvalue weighted by Crippen LogP contribution is -2.31. The predicted molar refractivity (Wildman–Crippen MR) is 83.3 cm³/mol. The molecule has 0 fully saturated rings. The van der Waals surface area contributed by atoms with Gasteiger partial charge in [-0.15, -0.1) is 0 Å². The first-order chi connectivity index (χ1) is 11.0. The van der Waals surface area contributed by atoms with Gasteiger partial charge in [0.05, 0.1) is 18.7 Å². The maximum Gasteiger partial charge on any atom is 0.307 e. The number of primary amides is 1. The van der Waals surface area contributed by atoms with Crippen LogP contribution < -0.4 is 5.73 Å². The van der Waals surface area contributed by atoms with Gasteiger partial charge < -0.3 is 10.5 Å². The van der Waals surface area contributed by atoms with Crippen molar-refractivity contribution in [3.8, 4) is 0 Å². The zero-order valence-electron chi connectivity index (χ0n) is 12.9. The van der Waals surface area contributed by atoms with Crippen molar-refractivity contribution in [1.82, 2.24) is 5.01 Å². The van der Waals surface area contributed by atoms with Crippen LogP contribution in [0.25, 0.3) is 0 Å². The first kappa shape index (κ1) is 16.7. The van der Waals surface area contributed by atoms with Crippen molar-refractivity contribution >= 4 is 23.5 Å². The number of ether oxygens (including phenoxy) is 1. The quantitative estimate of drug-likeness (QED) is 0.785. The molecule has 2 rings (SSSR count). The van der Waals surface area contributed by atoms with Crippen LogP contribution in [-0.4, -0.2) is 41.2 Å². The van der Waals surface area contributed by atoms with E-state index in [1.807, 2.05) is 30.3 Å². The Bertz CT molecular complexity index is 627. The molecule has 0 saturated carbocycles. The lowest BCUT2D eigenvalue weighted by atomic mass is 10.1. The lowest BCUT2D eigenvalue weighted by molar-refractivity contribution is -0.154. The minimum absolute atomic E-state index is 0.0180. The summed E-state index contributed by atoms with van der Waals surface area (Å²) in [5.74, 6) is -1.60. The summed E-state index contributed by atoms with van der Waals surface area (Å²) in [6.45, 7) is 1.88. The summed E-state index contributed by atoms with van der Waals surface area (Å²) in [6.07, 6.45) is -0.440. The Kier molecular flexibility index (Phi) is 5.46. The highest BCUT2D eigenvalue weighted by molar-refractivity contribution is 6.02. The van der Waals surface area contributed by atoms with E-state index in [1.54, 1.807) is 0 Å². The standard InChI is InChI=1S/C16H19N3O4/c1-11(16(17)22)23-15(21)8-7-14(20)19-10-9-13(18-19)12-5-3-2-4-6-12/h2-6,11H,7-10H2,1H3,(H2,17,22)/t11-/m0/s1. The maximum atomic E-state index is 12.1. The number of esters is 1. The summed E-state index contributed by atoms with van der Waals surface area (Å²) >= 11 is 0. The SMILES string of the molecule is C[C@H](OC(=O)CCC(=O)N1CCC(c2ccccc2)=N1)C(N)=O. The van der Waals surface area contributed by atoms with Gasteiger partial charge in [-0.25, -0.2) is 5.01 Å². The molecular weight excluding hydrogens is 298 g/mol. The zero-order valence-corrected chi connectivity index (χ0v) is 12.9. The highest BCUT2D eigenvalue weighted by atomic mass is 16.5. The number of benzene rings is 1. The number of carbonyl (C=O) groups excluding carboxylic acids is 3. The first-order valence-electron chi connectivity index (χ1n) is 7.39. The van der Waals surface area contributed by atoms with Gasteiger partial charge >= 0.3 is 5.97 Å². The second kappa shape index (κ2) is 7.53. The molecule has 0 saturated heterocycles. The lowest BCUT2D eigenvalue weighted by Gasteiger charge is -2.12. The first-order valence-corrected chi connectivity index (χ1v) is 7.39. The molecule has 2 N–H and O–H groups in total. The highest BCUT2D eigenvalue weighted by Crippen LogP contribution is 2.15. The van der Waals surface area contributed by atoms with Crippen LogP contribution in [0.1, 0.15) is 31.7 Å². The number of hydrogen-bond donors (Lipinski definition) is 1. The molecule has 23 heavy (non-hydrogen) atoms. The van der Waals surface area contributed by atoms with Gasteiger partial charge in [0.15, 0.2) is 6.10 Å². The Morgan fingerprint density at radius 3 is 2.61 bits per heavy atom. The van der Waals surface area contributed by atoms with Crippen molar-refractivity contribution in [2.45, 2.75) is 32.3 Å². The van der Waals surface area contributed by atoms with Crippen molar-refractivity contribution < 1.29 is 19.1 Å². The van der Waals surface area contributed by atoms with E-state index < -0.39 is 18.0 Å². The van der Waals surface area contributed by atoms with Crippen LogP contribution in [0.15, 0.2) is 35.4 Å². The largest absolute Gasteiger partial charge is 0.453 e. The molecule has 1 aliphatic rings. The van der Waals surface area contributed by atoms with Crippen molar-refractivity contribution in [1.29, 1.82) is 0 Å². The molecule has 0 aliphatic carbocycles. The van der Waals surface area contributed by atoms with E-state index in [-0.39, 0.29) is 18.7 Å². The molecule has 0 spiro atoms. The van der Waals surface area contributed by atoms with Gasteiger partial charge in [0, 0.05) is 12.8 Å². The molecule has 7 heteroatoms. The second-order valence-electron chi connectivity index (χ2n) is 5.21. The van der Waals surface area contributed by atoms with Crippen LogP contribution in [0.4, 0.5) is 0 Å². The smallest absolute Gasteiger partial charge is 0.307 e. The van der Waals surface area contributed by atoms with Crippen LogP contribution >= 0.6 is 0 Å². The average Bonchev–Trinajstić information content (AvgIpc) is 3.03. The topological polar surface area (TPSA) is 102 Å². The highest BCUT2D eigenvalue weighted by Gasteiger charge is 2.23. The minimum atomic E-state index is -0.993. The van der Waals surface area contributed by atoms with Crippen LogP contribution in [0.3, 0.4) is 0 Å². The van der Waals surface area contributed by atoms with Gasteiger partial charge in [-0.1, -0.05) is 30.3 Å². The molecule has 1 aliphatic heterocycles. The summed E-state index contributed by atoms with van der Waals surface area (Å²) in [5, 5.41) is 5.67. The van der Waals surface area contributed by atoms with Gasteiger partial charge in [-0.3, -0.25) is 14.4 Å². The van der Waals surface area contributed by atoms with E-state index in [0.29, 0.717) is 13.0 Å². The van der Waals surface area contributed by atoms with Gasteiger partial charge in [-0.2, -0.15) is 5.10 Å². The molecule has 0 unspecified atom stereocenters. The van der Waals surface area contributed by atoms with Crippen LogP contribution in [0.2, 0.25) is 0 Å². The Balaban J connectivity index is 1.84. The van der Waals surface area contributed by atoms with E-state index in [9.17, 15) is 14.4 Å². The van der Waals surface area contributed by atoms with E-state index in [0.717, 1.165) is 11.3 Å². The van der Waals surface area contributed by atoms with E-state index in [2.05, 4.69) is 5.10 Å². The molecule has 0 radical (unpaired) electrons. The summed E-state index contributed by atoms with van der Waals surface area (Å²) in [6, 6.07) is 9.63. The molecule has 1 heterocycles. The Hall–Kier alpha value is -2.70. The third-order valence-corrected chi connectivity index (χ3v) is 3.45. The molecule has 0 bridgehead atoms. The number of amides is 2. The maximum absolute atomic E-state index is 12.1. The summed E-state index contributed by atoms with van der Waals surface area (Å²) in [7, 11) is 0. The van der Waals surface area contributed by atoms with E-state index in [1.165, 1.54) is 11.9 Å². The van der Waals surface area contributed by atoms with E-state index >= 15 is 0 Å². The molecule has 1 aromatic rings. The molecule has 1 aromatic carbocycles. The zero-order chi connectivity index (χ0) is 16.8. The average molecular weight is 317 g/mol. The summed E-state index contributed by atoms with van der Waals surface area (Å²) < 4.78 is 4.80. The van der Waals surface area contributed by atoms with Crippen LogP contribution in [0, 0.1) is 0 Å². The number of nitrogens with zero attached hydrogens (tertiary/aromatic N) is 2. The Morgan fingerprint density at radius 2 is 1.96 bits per heavy atom. The molecule has 1 atom stereocenters. The van der Waals surface area contributed by atoms with E-state index in [4.69, 9.17) is 10.5 Å². The van der Waals surface area contributed by atoms with Crippen LogP contribution in [-0.2, 0) is 19.1 Å². The van der Waals surface area contributed by atoms with Gasteiger partial charge in [0.2, 0.25) is 5.91 Å². The van der Waals surface area contributed by atoms with Crippen molar-refractivity contribution in [2.75, 3.05) is 6.54 Å². The summed E-state index contributed by atoms with van der Waals surface area (Å²) in [4.78, 5) is 34.4. The monoisotopic (exact) mass is 317 g/mol. The van der Waals surface area contributed by atoms with Gasteiger partial charge in [-0.05, 0) is 12.5 Å². The molecular formula is C16H19N3O4.